The number of aliphatic imine (C=N–C) groups is 1. The fourth-order valence-corrected chi connectivity index (χ4v) is 12.7. The molecule has 2 aromatic heterocycles. The van der Waals surface area contributed by atoms with Crippen molar-refractivity contribution in [3.63, 3.8) is 0 Å². The van der Waals surface area contributed by atoms with E-state index in [2.05, 4.69) is 59.5 Å². The van der Waals surface area contributed by atoms with Gasteiger partial charge in [0.15, 0.2) is 0 Å². The number of thiazole rings is 1. The molecule has 2 saturated heterocycles. The van der Waals surface area contributed by atoms with Crippen LogP contribution in [-0.2, 0) is 16.0 Å². The molecule has 4 fully saturated rings. The summed E-state index contributed by atoms with van der Waals surface area (Å²) in [6.45, 7) is 20.3. The number of piperidine rings is 1. The molecule has 0 amide bonds. The normalized spacial score (nSPS) is 30.0. The number of hydrogen-bond donors (Lipinski definition) is 5. The molecule has 8 rings (SSSR count). The predicted molar refractivity (Wildman–Crippen MR) is 239 cm³/mol. The Kier molecular flexibility index (Phi) is 11.5. The van der Waals surface area contributed by atoms with E-state index in [0.29, 0.717) is 41.2 Å². The lowest BCUT2D eigenvalue weighted by Gasteiger charge is -2.61. The molecule has 14 heteroatoms. The van der Waals surface area contributed by atoms with Gasteiger partial charge in [-0.15, -0.1) is 0 Å². The number of nitrogens with two attached hydrogens (primary N) is 1. The van der Waals surface area contributed by atoms with E-state index in [0.717, 1.165) is 117 Å². The molecule has 2 unspecified atom stereocenters. The fraction of sp³-hybridized carbons (Fsp3) is 0.565. The lowest BCUT2D eigenvalue weighted by atomic mass is 9.46. The van der Waals surface area contributed by atoms with E-state index in [1.165, 1.54) is 17.8 Å². The van der Waals surface area contributed by atoms with Gasteiger partial charge >= 0.3 is 0 Å². The Hall–Kier alpha value is -4.50. The molecule has 1 aromatic carbocycles. The van der Waals surface area contributed by atoms with Crippen LogP contribution in [0.2, 0.25) is 0 Å². The summed E-state index contributed by atoms with van der Waals surface area (Å²) in [5.41, 5.74) is 11.8. The molecule has 4 atom stereocenters. The zero-order chi connectivity index (χ0) is 42.5. The topological polar surface area (TPSA) is 170 Å². The van der Waals surface area contributed by atoms with Gasteiger partial charge in [0.1, 0.15) is 23.2 Å². The molecular formula is C46H63N9O4S. The minimum Gasteiger partial charge on any atom is -0.480 e. The van der Waals surface area contributed by atoms with Crippen LogP contribution in [0.15, 0.2) is 76.2 Å². The quantitative estimate of drug-likeness (QED) is 0.0717. The Morgan fingerprint density at radius 3 is 2.48 bits per heavy atom. The van der Waals surface area contributed by atoms with Crippen LogP contribution in [0.5, 0.6) is 0 Å². The van der Waals surface area contributed by atoms with Crippen LogP contribution < -0.4 is 11.1 Å². The van der Waals surface area contributed by atoms with Crippen molar-refractivity contribution < 1.29 is 19.7 Å². The molecule has 2 bridgehead atoms. The van der Waals surface area contributed by atoms with Gasteiger partial charge in [0.25, 0.3) is 5.95 Å². The SMILES string of the molecule is CCC1(Cn2ncc(C3=CC=C(N4CCC/C(=C(C)/C(N)=N\c5nc6ccccc6s5)C4=N)NC3=C(O)O)c2C)C[C@@]2(C)CC(C)(OCCN3CCOCC3)C[C@@](C)(C1)C2. The number of para-hydroxylation sites is 1. The van der Waals surface area contributed by atoms with E-state index in [1.54, 1.807) is 0 Å². The summed E-state index contributed by atoms with van der Waals surface area (Å²) < 4.78 is 15.5. The maximum absolute atomic E-state index is 10.7. The number of aliphatic hydroxyl groups excluding tert-OH is 1. The third-order valence-electron chi connectivity index (χ3n) is 13.8. The number of nitrogens with one attached hydrogen (secondary N) is 2. The Morgan fingerprint density at radius 1 is 1.05 bits per heavy atom. The first-order valence-electron chi connectivity index (χ1n) is 21.6. The first-order chi connectivity index (χ1) is 28.6. The van der Waals surface area contributed by atoms with Crippen LogP contribution in [0.1, 0.15) is 97.2 Å². The summed E-state index contributed by atoms with van der Waals surface area (Å²) in [6, 6.07) is 7.89. The molecule has 3 aromatic rings. The smallest absolute Gasteiger partial charge is 0.299 e. The van der Waals surface area contributed by atoms with Gasteiger partial charge in [-0.2, -0.15) is 5.10 Å². The van der Waals surface area contributed by atoms with E-state index in [9.17, 15) is 15.6 Å². The number of dihydropyridines is 1. The van der Waals surface area contributed by atoms with Crippen molar-refractivity contribution in [2.24, 2.45) is 27.0 Å². The molecule has 0 radical (unpaired) electrons. The number of nitrogens with zero attached hydrogens (tertiary/aromatic N) is 6. The highest BCUT2D eigenvalue weighted by Crippen LogP contribution is 2.65. The molecule has 5 aliphatic rings. The van der Waals surface area contributed by atoms with Gasteiger partial charge in [0.2, 0.25) is 5.13 Å². The van der Waals surface area contributed by atoms with E-state index in [4.69, 9.17) is 20.3 Å². The van der Waals surface area contributed by atoms with Gasteiger partial charge in [0, 0.05) is 55.1 Å². The van der Waals surface area contributed by atoms with Crippen molar-refractivity contribution in [3.8, 4) is 0 Å². The van der Waals surface area contributed by atoms with Gasteiger partial charge in [-0.3, -0.25) is 15.0 Å². The van der Waals surface area contributed by atoms with Crippen molar-refractivity contribution >= 4 is 43.9 Å². The maximum atomic E-state index is 10.7. The molecule has 5 heterocycles. The molecule has 322 valence electrons. The predicted octanol–water partition coefficient (Wildman–Crippen LogP) is 8.49. The summed E-state index contributed by atoms with van der Waals surface area (Å²) in [7, 11) is 0. The monoisotopic (exact) mass is 837 g/mol. The molecule has 60 heavy (non-hydrogen) atoms. The van der Waals surface area contributed by atoms with Gasteiger partial charge < -0.3 is 35.6 Å². The third kappa shape index (κ3) is 8.53. The zero-order valence-electron chi connectivity index (χ0n) is 36.2. The van der Waals surface area contributed by atoms with Gasteiger partial charge in [-0.1, -0.05) is 44.2 Å². The number of aromatic nitrogens is 3. The summed E-state index contributed by atoms with van der Waals surface area (Å²) in [5, 5.41) is 39.4. The molecule has 6 N–H and O–H groups in total. The van der Waals surface area contributed by atoms with E-state index in [-0.39, 0.29) is 27.5 Å². The second-order valence-electron chi connectivity index (χ2n) is 19.0. The number of morpholine rings is 1. The highest BCUT2D eigenvalue weighted by Gasteiger charge is 2.58. The van der Waals surface area contributed by atoms with Crippen LogP contribution in [0, 0.1) is 28.6 Å². The Labute approximate surface area is 358 Å². The van der Waals surface area contributed by atoms with Crippen molar-refractivity contribution in [2.75, 3.05) is 46.0 Å². The highest BCUT2D eigenvalue weighted by molar-refractivity contribution is 7.22. The van der Waals surface area contributed by atoms with E-state index in [1.807, 2.05) is 54.4 Å². The number of hydrogen-bond acceptors (Lipinski definition) is 11. The van der Waals surface area contributed by atoms with E-state index >= 15 is 0 Å². The van der Waals surface area contributed by atoms with Crippen LogP contribution in [0.25, 0.3) is 15.8 Å². The molecule has 3 aliphatic heterocycles. The average Bonchev–Trinajstić information content (AvgIpc) is 3.78. The molecule has 0 spiro atoms. The number of benzene rings is 1. The number of fused-ring (bicyclic) bond motifs is 3. The Balaban J connectivity index is 0.987. The lowest BCUT2D eigenvalue weighted by molar-refractivity contribution is -0.175. The maximum Gasteiger partial charge on any atom is 0.299 e. The van der Waals surface area contributed by atoms with Crippen molar-refractivity contribution in [1.29, 1.82) is 5.41 Å². The largest absolute Gasteiger partial charge is 0.480 e. The Bertz CT molecular complexity index is 2240. The minimum atomic E-state index is -0.817. The average molecular weight is 838 g/mol. The molecule has 2 saturated carbocycles. The number of rotatable bonds is 11. The van der Waals surface area contributed by atoms with Crippen LogP contribution in [-0.4, -0.2) is 98.0 Å². The summed E-state index contributed by atoms with van der Waals surface area (Å²) in [5.74, 6) is 0.384. The number of likely N-dealkylation sites (tertiary alicyclic amines) is 1. The summed E-state index contributed by atoms with van der Waals surface area (Å²) >= 11 is 1.48. The highest BCUT2D eigenvalue weighted by atomic mass is 32.1. The second kappa shape index (κ2) is 16.4. The lowest BCUT2D eigenvalue weighted by Crippen LogP contribution is -2.56. The van der Waals surface area contributed by atoms with Crippen molar-refractivity contribution in [3.05, 3.63) is 82.5 Å². The first kappa shape index (κ1) is 42.2. The molecule has 2 aliphatic carbocycles. The van der Waals surface area contributed by atoms with Crippen LogP contribution >= 0.6 is 11.3 Å². The standard InChI is InChI=1S/C46H63N9O4S/c1-7-46(27-43(4)24-44(5,28-46)26-45(6,25-43)59-22-19-53-17-20-58-21-18-53)29-55-31(3)34(23-49-55)33-14-15-37(51-38(33)41(56)57)54-16-10-11-32(40(54)48)30(2)39(47)52-42-50-35-12-8-9-13-36(35)60-42/h8-9,12-15,23,48,51,56-57H,7,10-11,16-22,24-29H2,1-6H3,(H2,47,50,52)/b32-30-,48-40?/t43-,44+,45?,46?. The molecule has 13 nitrogen and oxygen atoms in total. The molecular weight excluding hydrogens is 775 g/mol. The van der Waals surface area contributed by atoms with Crippen molar-refractivity contribution in [1.82, 2.24) is 29.9 Å². The van der Waals surface area contributed by atoms with Crippen LogP contribution in [0.4, 0.5) is 5.13 Å². The van der Waals surface area contributed by atoms with Crippen molar-refractivity contribution in [2.45, 2.75) is 105 Å². The van der Waals surface area contributed by atoms with Crippen LogP contribution in [0.3, 0.4) is 0 Å². The number of amidine groups is 2. The third-order valence-corrected chi connectivity index (χ3v) is 14.7. The van der Waals surface area contributed by atoms with Gasteiger partial charge in [-0.25, -0.2) is 9.98 Å². The summed E-state index contributed by atoms with van der Waals surface area (Å²) in [6.07, 6.45) is 13.7. The number of aliphatic hydroxyl groups is 2. The zero-order valence-corrected chi connectivity index (χ0v) is 37.1. The first-order valence-corrected chi connectivity index (χ1v) is 22.5. The van der Waals surface area contributed by atoms with Gasteiger partial charge in [-0.05, 0) is 118 Å². The van der Waals surface area contributed by atoms with Gasteiger partial charge in [0.05, 0.1) is 41.8 Å². The number of ether oxygens (including phenoxy) is 2. The second-order valence-corrected chi connectivity index (χ2v) is 20.0. The summed E-state index contributed by atoms with van der Waals surface area (Å²) in [4.78, 5) is 13.5. The fourth-order valence-electron chi connectivity index (χ4n) is 11.9. The van der Waals surface area contributed by atoms with E-state index < -0.39 is 5.95 Å². The Morgan fingerprint density at radius 2 is 1.78 bits per heavy atom. The minimum absolute atomic E-state index is 0.0649. The number of allylic oxidation sites excluding steroid dienone is 3.